The molecule has 0 spiro atoms. The van der Waals surface area contributed by atoms with Crippen molar-refractivity contribution in [3.05, 3.63) is 119 Å². The van der Waals surface area contributed by atoms with Crippen LogP contribution < -0.4 is 0 Å². The first-order valence-electron chi connectivity index (χ1n) is 13.2. The van der Waals surface area contributed by atoms with E-state index in [2.05, 4.69) is 75.8 Å². The Hall–Kier alpha value is -3.43. The van der Waals surface area contributed by atoms with Crippen LogP contribution in [0.5, 0.6) is 0 Å². The summed E-state index contributed by atoms with van der Waals surface area (Å²) < 4.78 is 2.00. The molecule has 1 fully saturated rings. The van der Waals surface area contributed by atoms with Gasteiger partial charge in [0.1, 0.15) is 0 Å². The van der Waals surface area contributed by atoms with Gasteiger partial charge in [-0.15, -0.1) is 21.5 Å². The molecule has 3 aromatic carbocycles. The highest BCUT2D eigenvalue weighted by Gasteiger charge is 2.28. The molecule has 5 aromatic rings. The highest BCUT2D eigenvalue weighted by Crippen LogP contribution is 2.32. The lowest BCUT2D eigenvalue weighted by atomic mass is 9.96. The Balaban J connectivity index is 1.14. The molecule has 1 amide bonds. The second-order valence-electron chi connectivity index (χ2n) is 9.52. The Kier molecular flexibility index (Phi) is 8.29. The zero-order chi connectivity index (χ0) is 27.3. The van der Waals surface area contributed by atoms with Crippen LogP contribution in [0.3, 0.4) is 0 Å². The van der Waals surface area contributed by atoms with Crippen molar-refractivity contribution >= 4 is 40.6 Å². The van der Waals surface area contributed by atoms with Gasteiger partial charge in [-0.25, -0.2) is 0 Å². The van der Waals surface area contributed by atoms with Gasteiger partial charge in [-0.05, 0) is 46.8 Å². The molecule has 0 N–H and O–H groups in total. The van der Waals surface area contributed by atoms with Crippen LogP contribution >= 0.6 is 34.7 Å². The zero-order valence-electron chi connectivity index (χ0n) is 21.8. The Labute approximate surface area is 247 Å². The van der Waals surface area contributed by atoms with E-state index in [0.717, 1.165) is 29.5 Å². The number of rotatable bonds is 8. The average Bonchev–Trinajstić information content (AvgIpc) is 3.68. The molecule has 0 unspecified atom stereocenters. The van der Waals surface area contributed by atoms with Gasteiger partial charge in [-0.3, -0.25) is 14.3 Å². The molecule has 1 aliphatic rings. The molecular weight excluding hydrogens is 558 g/mol. The molecule has 6 rings (SSSR count). The van der Waals surface area contributed by atoms with Crippen molar-refractivity contribution < 1.29 is 4.79 Å². The molecule has 2 aromatic heterocycles. The summed E-state index contributed by atoms with van der Waals surface area (Å²) in [5.41, 5.74) is 3.45. The minimum Gasteiger partial charge on any atom is -0.339 e. The van der Waals surface area contributed by atoms with Gasteiger partial charge < -0.3 is 4.90 Å². The van der Waals surface area contributed by atoms with Crippen molar-refractivity contribution in [2.45, 2.75) is 11.2 Å². The number of carbonyl (C=O) groups is 1. The summed E-state index contributed by atoms with van der Waals surface area (Å²) in [5, 5.41) is 12.3. The first-order valence-corrected chi connectivity index (χ1v) is 15.4. The van der Waals surface area contributed by atoms with Crippen LogP contribution in [-0.2, 0) is 4.79 Å². The first-order chi connectivity index (χ1) is 19.7. The summed E-state index contributed by atoms with van der Waals surface area (Å²) in [6, 6.07) is 33.0. The molecule has 0 radical (unpaired) electrons. The van der Waals surface area contributed by atoms with Crippen LogP contribution in [0.4, 0.5) is 0 Å². The number of thiophene rings is 1. The van der Waals surface area contributed by atoms with Crippen molar-refractivity contribution in [2.75, 3.05) is 31.9 Å². The van der Waals surface area contributed by atoms with Crippen molar-refractivity contribution in [1.82, 2.24) is 24.6 Å². The van der Waals surface area contributed by atoms with Gasteiger partial charge >= 0.3 is 0 Å². The minimum atomic E-state index is 0.115. The van der Waals surface area contributed by atoms with Gasteiger partial charge in [0.05, 0.1) is 16.7 Å². The van der Waals surface area contributed by atoms with Gasteiger partial charge in [-0.2, -0.15) is 0 Å². The Morgan fingerprint density at radius 3 is 2.08 bits per heavy atom. The molecule has 40 heavy (non-hydrogen) atoms. The predicted molar refractivity (Wildman–Crippen MR) is 163 cm³/mol. The van der Waals surface area contributed by atoms with E-state index >= 15 is 0 Å². The monoisotopic (exact) mass is 585 g/mol. The van der Waals surface area contributed by atoms with Crippen LogP contribution in [0.1, 0.15) is 17.2 Å². The Morgan fingerprint density at radius 2 is 1.48 bits per heavy atom. The molecule has 3 heterocycles. The maximum absolute atomic E-state index is 13.3. The van der Waals surface area contributed by atoms with E-state index in [0.29, 0.717) is 29.0 Å². The van der Waals surface area contributed by atoms with Crippen LogP contribution in [-0.4, -0.2) is 62.4 Å². The van der Waals surface area contributed by atoms with Crippen LogP contribution in [0.2, 0.25) is 5.02 Å². The van der Waals surface area contributed by atoms with E-state index < -0.39 is 0 Å². The number of amides is 1. The number of carbonyl (C=O) groups excluding carboxylic acids is 1. The topological polar surface area (TPSA) is 54.3 Å². The molecule has 0 bridgehead atoms. The largest absolute Gasteiger partial charge is 0.339 e. The van der Waals surface area contributed by atoms with Crippen molar-refractivity contribution in [2.24, 2.45) is 0 Å². The molecule has 0 saturated carbocycles. The van der Waals surface area contributed by atoms with Gasteiger partial charge in [-0.1, -0.05) is 90.1 Å². The number of hydrogen-bond acceptors (Lipinski definition) is 6. The maximum atomic E-state index is 13.3. The van der Waals surface area contributed by atoms with E-state index in [4.69, 9.17) is 11.6 Å². The number of piperazine rings is 1. The third-order valence-electron chi connectivity index (χ3n) is 7.05. The summed E-state index contributed by atoms with van der Waals surface area (Å²) in [7, 11) is 0. The van der Waals surface area contributed by atoms with Crippen LogP contribution in [0, 0.1) is 0 Å². The fraction of sp³-hybridized carbons (Fsp3) is 0.194. The second-order valence-corrected chi connectivity index (χ2v) is 11.9. The zero-order valence-corrected chi connectivity index (χ0v) is 24.2. The van der Waals surface area contributed by atoms with E-state index in [1.807, 2.05) is 51.2 Å². The van der Waals surface area contributed by atoms with Crippen molar-refractivity contribution in [3.8, 4) is 16.4 Å². The fourth-order valence-electron chi connectivity index (χ4n) is 5.08. The third-order valence-corrected chi connectivity index (χ3v) is 9.08. The summed E-state index contributed by atoms with van der Waals surface area (Å²) in [6.45, 7) is 3.02. The quantitative estimate of drug-likeness (QED) is 0.190. The highest BCUT2D eigenvalue weighted by atomic mass is 35.5. The summed E-state index contributed by atoms with van der Waals surface area (Å²) in [6.07, 6.45) is 0. The van der Waals surface area contributed by atoms with Gasteiger partial charge in [0.2, 0.25) is 5.91 Å². The van der Waals surface area contributed by atoms with Crippen molar-refractivity contribution in [1.29, 1.82) is 0 Å². The van der Waals surface area contributed by atoms with Crippen LogP contribution in [0.15, 0.2) is 108 Å². The summed E-state index contributed by atoms with van der Waals surface area (Å²) in [5.74, 6) is 1.18. The summed E-state index contributed by atoms with van der Waals surface area (Å²) in [4.78, 5) is 18.8. The van der Waals surface area contributed by atoms with Crippen molar-refractivity contribution in [3.63, 3.8) is 0 Å². The standard InChI is InChI=1S/C31H28ClN5OS2/c32-25-13-15-26(16-14-25)37-30(27-12-7-21-39-27)33-34-31(37)40-22-28(38)35-17-19-36(20-18-35)29(23-8-3-1-4-9-23)24-10-5-2-6-11-24/h1-16,21,29H,17-20,22H2. The minimum absolute atomic E-state index is 0.115. The van der Waals surface area contributed by atoms with E-state index in [1.165, 1.54) is 22.9 Å². The molecule has 1 saturated heterocycles. The number of nitrogens with zero attached hydrogens (tertiary/aromatic N) is 5. The van der Waals surface area contributed by atoms with Gasteiger partial charge in [0, 0.05) is 36.9 Å². The van der Waals surface area contributed by atoms with E-state index in [1.54, 1.807) is 11.3 Å². The van der Waals surface area contributed by atoms with E-state index in [9.17, 15) is 4.79 Å². The molecule has 0 aliphatic carbocycles. The molecule has 1 aliphatic heterocycles. The number of thioether (sulfide) groups is 1. The number of benzene rings is 3. The van der Waals surface area contributed by atoms with Gasteiger partial charge in [0.25, 0.3) is 0 Å². The average molecular weight is 586 g/mol. The molecule has 202 valence electrons. The van der Waals surface area contributed by atoms with Gasteiger partial charge in [0.15, 0.2) is 11.0 Å². The Morgan fingerprint density at radius 1 is 0.825 bits per heavy atom. The fourth-order valence-corrected chi connectivity index (χ4v) is 6.76. The van der Waals surface area contributed by atoms with Crippen LogP contribution in [0.25, 0.3) is 16.4 Å². The SMILES string of the molecule is O=C(CSc1nnc(-c2cccs2)n1-c1ccc(Cl)cc1)N1CCN(C(c2ccccc2)c2ccccc2)CC1. The lowest BCUT2D eigenvalue weighted by Gasteiger charge is -2.39. The molecular formula is C31H28ClN5OS2. The number of aromatic nitrogens is 3. The lowest BCUT2D eigenvalue weighted by molar-refractivity contribution is -0.130. The number of halogens is 1. The highest BCUT2D eigenvalue weighted by molar-refractivity contribution is 7.99. The molecule has 0 atom stereocenters. The second kappa shape index (κ2) is 12.4. The normalized spacial score (nSPS) is 14.1. The number of hydrogen-bond donors (Lipinski definition) is 0. The first kappa shape index (κ1) is 26.8. The summed E-state index contributed by atoms with van der Waals surface area (Å²) >= 11 is 9.18. The molecule has 6 nitrogen and oxygen atoms in total. The maximum Gasteiger partial charge on any atom is 0.233 e. The lowest BCUT2D eigenvalue weighted by Crippen LogP contribution is -2.50. The van der Waals surface area contributed by atoms with E-state index in [-0.39, 0.29) is 11.9 Å². The molecule has 9 heteroatoms. The Bertz CT molecular complexity index is 1490. The smallest absolute Gasteiger partial charge is 0.233 e. The third kappa shape index (κ3) is 5.86. The predicted octanol–water partition coefficient (Wildman–Crippen LogP) is 6.68.